The highest BCUT2D eigenvalue weighted by Crippen LogP contribution is 2.19. The average molecular weight is 385 g/mol. The summed E-state index contributed by atoms with van der Waals surface area (Å²) >= 11 is 0. The third kappa shape index (κ3) is 4.52. The van der Waals surface area contributed by atoms with Crippen molar-refractivity contribution in [3.8, 4) is 5.88 Å². The Morgan fingerprint density at radius 3 is 2.37 bits per heavy atom. The van der Waals surface area contributed by atoms with Gasteiger partial charge in [-0.05, 0) is 36.4 Å². The predicted octanol–water partition coefficient (Wildman–Crippen LogP) is 1.11. The molecule has 0 aliphatic carbocycles. The maximum atomic E-state index is 12.4. The van der Waals surface area contributed by atoms with Crippen LogP contribution in [0.15, 0.2) is 64.7 Å². The monoisotopic (exact) mass is 385 g/mol. The summed E-state index contributed by atoms with van der Waals surface area (Å²) in [6.45, 7) is 0. The zero-order valence-electron chi connectivity index (χ0n) is 14.1. The summed E-state index contributed by atoms with van der Waals surface area (Å²) in [6, 6.07) is 10.4. The fourth-order valence-corrected chi connectivity index (χ4v) is 3.00. The number of anilines is 1. The number of amidine groups is 1. The summed E-state index contributed by atoms with van der Waals surface area (Å²) < 4.78 is 32.1. The van der Waals surface area contributed by atoms with Gasteiger partial charge in [0, 0.05) is 18.5 Å². The normalized spacial score (nSPS) is 11.8. The molecule has 0 spiro atoms. The number of hydrogen-bond donors (Lipinski definition) is 2. The van der Waals surface area contributed by atoms with Crippen LogP contribution in [0.1, 0.15) is 5.82 Å². The Balaban J connectivity index is 1.77. The van der Waals surface area contributed by atoms with E-state index in [0.717, 1.165) is 0 Å². The minimum Gasteiger partial charge on any atom is -0.480 e. The summed E-state index contributed by atoms with van der Waals surface area (Å²) in [6.07, 6.45) is 3.10. The van der Waals surface area contributed by atoms with Gasteiger partial charge in [0.15, 0.2) is 17.5 Å². The van der Waals surface area contributed by atoms with Gasteiger partial charge >= 0.3 is 0 Å². The lowest BCUT2D eigenvalue weighted by atomic mass is 10.3. The van der Waals surface area contributed by atoms with Crippen LogP contribution >= 0.6 is 0 Å². The number of sulfonamides is 1. The van der Waals surface area contributed by atoms with Crippen LogP contribution in [0.4, 0.5) is 11.5 Å². The highest BCUT2D eigenvalue weighted by atomic mass is 32.2. The van der Waals surface area contributed by atoms with E-state index in [2.05, 4.69) is 29.9 Å². The van der Waals surface area contributed by atoms with Crippen LogP contribution in [-0.2, 0) is 10.0 Å². The second kappa shape index (κ2) is 7.74. The number of nitrogens with zero attached hydrogens (tertiary/aromatic N) is 5. The molecule has 3 rings (SSSR count). The summed E-state index contributed by atoms with van der Waals surface area (Å²) in [5.74, 6) is 0.760. The predicted molar refractivity (Wildman–Crippen MR) is 98.3 cm³/mol. The van der Waals surface area contributed by atoms with Gasteiger partial charge in [-0.1, -0.05) is 0 Å². The fourth-order valence-electron chi connectivity index (χ4n) is 2.00. The Labute approximate surface area is 155 Å². The van der Waals surface area contributed by atoms with E-state index in [-0.39, 0.29) is 28.3 Å². The molecule has 0 fully saturated rings. The molecule has 1 aromatic carbocycles. The first kappa shape index (κ1) is 18.2. The topological polar surface area (TPSA) is 145 Å². The molecule has 27 heavy (non-hydrogen) atoms. The number of nitrogens with two attached hydrogens (primary N) is 1. The summed E-state index contributed by atoms with van der Waals surface area (Å²) in [4.78, 5) is 12.2. The molecule has 2 heterocycles. The number of hydrogen-bond acceptors (Lipinski definition) is 8. The van der Waals surface area contributed by atoms with Crippen molar-refractivity contribution in [2.24, 2.45) is 10.7 Å². The third-order valence-electron chi connectivity index (χ3n) is 3.28. The first-order valence-corrected chi connectivity index (χ1v) is 9.08. The van der Waals surface area contributed by atoms with Gasteiger partial charge in [-0.25, -0.2) is 23.4 Å². The molecular weight excluding hydrogens is 370 g/mol. The third-order valence-corrected chi connectivity index (χ3v) is 4.65. The Morgan fingerprint density at radius 1 is 1.07 bits per heavy atom. The van der Waals surface area contributed by atoms with Gasteiger partial charge < -0.3 is 10.5 Å². The molecule has 3 N–H and O–H groups in total. The van der Waals surface area contributed by atoms with Crippen LogP contribution in [0.3, 0.4) is 0 Å². The van der Waals surface area contributed by atoms with E-state index in [4.69, 9.17) is 10.5 Å². The van der Waals surface area contributed by atoms with Gasteiger partial charge in [0.2, 0.25) is 5.88 Å². The lowest BCUT2D eigenvalue weighted by Crippen LogP contribution is -2.16. The minimum absolute atomic E-state index is 0.0357. The standard InChI is InChI=1S/C16H15N7O3S/c1-26-14-8-7-13(21-22-14)23-27(24,25)12-5-3-11(4-6-12)20-15(17)16-18-9-2-10-19-16/h2-10H,1H3,(H2,17,20)(H,21,23). The van der Waals surface area contributed by atoms with E-state index in [1.54, 1.807) is 18.5 Å². The molecule has 10 nitrogen and oxygen atoms in total. The van der Waals surface area contributed by atoms with Crippen molar-refractivity contribution in [2.75, 3.05) is 11.8 Å². The van der Waals surface area contributed by atoms with Crippen LogP contribution in [0.25, 0.3) is 0 Å². The van der Waals surface area contributed by atoms with Crippen LogP contribution in [0.5, 0.6) is 5.88 Å². The zero-order valence-corrected chi connectivity index (χ0v) is 15.0. The molecule has 0 bridgehead atoms. The fraction of sp³-hybridized carbons (Fsp3) is 0.0625. The van der Waals surface area contributed by atoms with Crippen molar-refractivity contribution < 1.29 is 13.2 Å². The molecule has 138 valence electrons. The zero-order chi connectivity index (χ0) is 19.3. The van der Waals surface area contributed by atoms with Crippen LogP contribution in [0.2, 0.25) is 0 Å². The van der Waals surface area contributed by atoms with Gasteiger partial charge in [-0.3, -0.25) is 4.72 Å². The molecule has 0 aliphatic heterocycles. The molecule has 3 aromatic rings. The maximum absolute atomic E-state index is 12.4. The lowest BCUT2D eigenvalue weighted by Gasteiger charge is -2.07. The maximum Gasteiger partial charge on any atom is 0.263 e. The molecule has 0 unspecified atom stereocenters. The SMILES string of the molecule is COc1ccc(NS(=O)(=O)c2ccc(N=C(N)c3ncccn3)cc2)nn1. The summed E-state index contributed by atoms with van der Waals surface area (Å²) in [7, 11) is -2.39. The Morgan fingerprint density at radius 2 is 1.78 bits per heavy atom. The number of rotatable bonds is 6. The molecule has 0 saturated heterocycles. The molecule has 0 amide bonds. The van der Waals surface area contributed by atoms with Gasteiger partial charge in [-0.2, -0.15) is 0 Å². The lowest BCUT2D eigenvalue weighted by molar-refractivity contribution is 0.392. The van der Waals surface area contributed by atoms with Gasteiger partial charge in [0.25, 0.3) is 10.0 Å². The van der Waals surface area contributed by atoms with Crippen molar-refractivity contribution in [3.63, 3.8) is 0 Å². The second-order valence-corrected chi connectivity index (χ2v) is 6.81. The van der Waals surface area contributed by atoms with Gasteiger partial charge in [0.1, 0.15) is 0 Å². The average Bonchev–Trinajstić information content (AvgIpc) is 2.69. The number of methoxy groups -OCH3 is 1. The largest absolute Gasteiger partial charge is 0.480 e. The Bertz CT molecular complexity index is 1040. The summed E-state index contributed by atoms with van der Waals surface area (Å²) in [5.41, 5.74) is 6.31. The van der Waals surface area contributed by atoms with Crippen LogP contribution in [-0.4, -0.2) is 41.5 Å². The molecule has 0 aliphatic rings. The number of aliphatic imine (C=N–C) groups is 1. The highest BCUT2D eigenvalue weighted by molar-refractivity contribution is 7.92. The Hall–Kier alpha value is -3.60. The smallest absolute Gasteiger partial charge is 0.263 e. The number of aromatic nitrogens is 4. The van der Waals surface area contributed by atoms with Crippen molar-refractivity contribution in [2.45, 2.75) is 4.90 Å². The first-order valence-electron chi connectivity index (χ1n) is 7.60. The van der Waals surface area contributed by atoms with E-state index < -0.39 is 10.0 Å². The number of ether oxygens (including phenoxy) is 1. The Kier molecular flexibility index (Phi) is 5.22. The van der Waals surface area contributed by atoms with Crippen LogP contribution in [0, 0.1) is 0 Å². The number of benzene rings is 1. The highest BCUT2D eigenvalue weighted by Gasteiger charge is 2.15. The van der Waals surface area contributed by atoms with Crippen molar-refractivity contribution in [3.05, 3.63) is 60.7 Å². The molecule has 11 heteroatoms. The van der Waals surface area contributed by atoms with Crippen molar-refractivity contribution in [1.29, 1.82) is 0 Å². The van der Waals surface area contributed by atoms with Crippen molar-refractivity contribution in [1.82, 2.24) is 20.2 Å². The van der Waals surface area contributed by atoms with E-state index in [9.17, 15) is 8.42 Å². The van der Waals surface area contributed by atoms with Crippen LogP contribution < -0.4 is 15.2 Å². The molecule has 0 atom stereocenters. The van der Waals surface area contributed by atoms with Gasteiger partial charge in [-0.15, -0.1) is 10.2 Å². The first-order chi connectivity index (χ1) is 13.0. The molecule has 0 radical (unpaired) electrons. The summed E-state index contributed by atoms with van der Waals surface area (Å²) in [5, 5.41) is 7.44. The quantitative estimate of drug-likeness (QED) is 0.474. The molecule has 2 aromatic heterocycles. The molecule has 0 saturated carbocycles. The van der Waals surface area contributed by atoms with Gasteiger partial charge in [0.05, 0.1) is 17.7 Å². The number of nitrogens with one attached hydrogen (secondary N) is 1. The van der Waals surface area contributed by atoms with E-state index in [0.29, 0.717) is 5.69 Å². The van der Waals surface area contributed by atoms with E-state index in [1.807, 2.05) is 0 Å². The van der Waals surface area contributed by atoms with E-state index >= 15 is 0 Å². The molecular formula is C16H15N7O3S. The van der Waals surface area contributed by atoms with E-state index in [1.165, 1.54) is 43.5 Å². The minimum atomic E-state index is -3.83. The second-order valence-electron chi connectivity index (χ2n) is 5.13. The van der Waals surface area contributed by atoms with Crippen molar-refractivity contribution >= 4 is 27.4 Å².